The third-order valence-corrected chi connectivity index (χ3v) is 4.32. The van der Waals surface area contributed by atoms with Crippen molar-refractivity contribution >= 4 is 23.7 Å². The zero-order valence-corrected chi connectivity index (χ0v) is 16.2. The van der Waals surface area contributed by atoms with Gasteiger partial charge in [-0.3, -0.25) is 14.4 Å². The second-order valence-electron chi connectivity index (χ2n) is 6.76. The number of halogens is 1. The van der Waals surface area contributed by atoms with Crippen molar-refractivity contribution < 1.29 is 28.7 Å². The number of hydrogen-bond donors (Lipinski definition) is 4. The van der Waals surface area contributed by atoms with Crippen LogP contribution in [0.5, 0.6) is 0 Å². The lowest BCUT2D eigenvalue weighted by Crippen LogP contribution is -2.54. The molecule has 0 aliphatic rings. The molecule has 8 nitrogen and oxygen atoms in total. The molecule has 0 heterocycles. The zero-order valence-electron chi connectivity index (χ0n) is 16.2. The van der Waals surface area contributed by atoms with Crippen LogP contribution in [0, 0.1) is 5.82 Å². The van der Waals surface area contributed by atoms with Crippen molar-refractivity contribution in [3.63, 3.8) is 0 Å². The highest BCUT2D eigenvalue weighted by Crippen LogP contribution is 2.10. The number of nitrogens with two attached hydrogens (primary N) is 1. The van der Waals surface area contributed by atoms with Gasteiger partial charge in [0.25, 0.3) is 0 Å². The van der Waals surface area contributed by atoms with E-state index >= 15 is 0 Å². The lowest BCUT2D eigenvalue weighted by molar-refractivity contribution is -0.130. The van der Waals surface area contributed by atoms with Crippen LogP contribution in [0.2, 0.25) is 0 Å². The van der Waals surface area contributed by atoms with Crippen molar-refractivity contribution in [1.29, 1.82) is 0 Å². The molecule has 30 heavy (non-hydrogen) atoms. The molecule has 0 unspecified atom stereocenters. The molecule has 0 aliphatic carbocycles. The fraction of sp³-hybridized carbons (Fsp3) is 0.238. The number of carbonyl (C=O) groups is 4. The Bertz CT molecular complexity index is 946. The largest absolute Gasteiger partial charge is 0.478 e. The third kappa shape index (κ3) is 6.69. The summed E-state index contributed by atoms with van der Waals surface area (Å²) >= 11 is 0. The molecule has 0 radical (unpaired) electrons. The van der Waals surface area contributed by atoms with Crippen molar-refractivity contribution in [2.45, 2.75) is 31.8 Å². The number of primary amides is 1. The number of nitrogens with one attached hydrogen (secondary N) is 2. The van der Waals surface area contributed by atoms with Gasteiger partial charge in [-0.15, -0.1) is 0 Å². The zero-order chi connectivity index (χ0) is 22.3. The maximum absolute atomic E-state index is 13.4. The van der Waals surface area contributed by atoms with Crippen LogP contribution >= 0.6 is 0 Å². The fourth-order valence-corrected chi connectivity index (χ4v) is 2.87. The van der Waals surface area contributed by atoms with Gasteiger partial charge in [-0.1, -0.05) is 24.3 Å². The molecule has 5 N–H and O–H groups in total. The first-order valence-electron chi connectivity index (χ1n) is 9.09. The Balaban J connectivity index is 2.13. The Morgan fingerprint density at radius 2 is 1.60 bits per heavy atom. The van der Waals surface area contributed by atoms with Crippen LogP contribution in [0.15, 0.2) is 48.5 Å². The second-order valence-corrected chi connectivity index (χ2v) is 6.76. The number of hydrogen-bond acceptors (Lipinski definition) is 4. The normalized spacial score (nSPS) is 12.5. The number of amides is 3. The van der Waals surface area contributed by atoms with E-state index in [1.165, 1.54) is 49.4 Å². The van der Waals surface area contributed by atoms with Gasteiger partial charge in [0.1, 0.15) is 17.9 Å². The predicted octanol–water partition coefficient (Wildman–Crippen LogP) is 0.784. The average Bonchev–Trinajstić information content (AvgIpc) is 2.67. The van der Waals surface area contributed by atoms with E-state index in [0.29, 0.717) is 11.1 Å². The number of carboxylic acids is 1. The maximum atomic E-state index is 13.4. The molecule has 0 aromatic heterocycles. The molecule has 2 aromatic carbocycles. The summed E-state index contributed by atoms with van der Waals surface area (Å²) in [5, 5.41) is 13.9. The number of carboxylic acid groups (broad SMARTS) is 1. The maximum Gasteiger partial charge on any atom is 0.335 e. The van der Waals surface area contributed by atoms with Crippen molar-refractivity contribution in [1.82, 2.24) is 10.6 Å². The minimum atomic E-state index is -1.09. The van der Waals surface area contributed by atoms with Gasteiger partial charge >= 0.3 is 5.97 Å². The molecule has 0 bridgehead atoms. The molecule has 0 saturated heterocycles. The molecular weight excluding hydrogens is 393 g/mol. The highest BCUT2D eigenvalue weighted by molar-refractivity contribution is 5.91. The minimum absolute atomic E-state index is 0.0158. The van der Waals surface area contributed by atoms with Gasteiger partial charge in [0, 0.05) is 19.8 Å². The summed E-state index contributed by atoms with van der Waals surface area (Å²) in [6.45, 7) is 1.24. The molecule has 2 atom stereocenters. The predicted molar refractivity (Wildman–Crippen MR) is 106 cm³/mol. The van der Waals surface area contributed by atoms with E-state index in [-0.39, 0.29) is 18.4 Å². The SMILES string of the molecule is CC(=O)N[C@@H](Cc1cccc(F)c1)C(=O)N[C@@H](Cc1ccc(C(=O)O)cc1)C(N)=O. The number of rotatable bonds is 9. The van der Waals surface area contributed by atoms with Gasteiger partial charge in [0.05, 0.1) is 5.56 Å². The van der Waals surface area contributed by atoms with Crippen molar-refractivity contribution in [2.24, 2.45) is 5.73 Å². The Kier molecular flexibility index (Phi) is 7.62. The van der Waals surface area contributed by atoms with E-state index in [1.807, 2.05) is 0 Å². The van der Waals surface area contributed by atoms with Crippen molar-refractivity contribution in [3.8, 4) is 0 Å². The van der Waals surface area contributed by atoms with Gasteiger partial charge in [-0.25, -0.2) is 9.18 Å². The highest BCUT2D eigenvalue weighted by atomic mass is 19.1. The molecular formula is C21H22FN3O5. The van der Waals surface area contributed by atoms with Gasteiger partial charge < -0.3 is 21.5 Å². The van der Waals surface area contributed by atoms with Crippen LogP contribution in [-0.2, 0) is 27.2 Å². The first-order valence-corrected chi connectivity index (χ1v) is 9.09. The number of aromatic carboxylic acids is 1. The highest BCUT2D eigenvalue weighted by Gasteiger charge is 2.25. The summed E-state index contributed by atoms with van der Waals surface area (Å²) in [5.41, 5.74) is 6.56. The Hall–Kier alpha value is -3.75. The monoisotopic (exact) mass is 415 g/mol. The topological polar surface area (TPSA) is 139 Å². The number of carbonyl (C=O) groups excluding carboxylic acids is 3. The van der Waals surface area contributed by atoms with Crippen LogP contribution in [-0.4, -0.2) is 40.9 Å². The molecule has 2 rings (SSSR count). The average molecular weight is 415 g/mol. The standard InChI is InChI=1S/C21H22FN3O5/c1-12(26)24-18(11-14-3-2-4-16(22)9-14)20(28)25-17(19(23)27)10-13-5-7-15(8-6-13)21(29)30/h2-9,17-18H,10-11H2,1H3,(H2,23,27)(H,24,26)(H,25,28)(H,29,30)/t17-,18-/m0/s1. The number of benzene rings is 2. The van der Waals surface area contributed by atoms with E-state index < -0.39 is 41.6 Å². The Morgan fingerprint density at radius 1 is 0.967 bits per heavy atom. The van der Waals surface area contributed by atoms with Crippen LogP contribution in [0.4, 0.5) is 4.39 Å². The van der Waals surface area contributed by atoms with E-state index in [4.69, 9.17) is 10.8 Å². The Morgan fingerprint density at radius 3 is 2.13 bits per heavy atom. The fourth-order valence-electron chi connectivity index (χ4n) is 2.87. The van der Waals surface area contributed by atoms with E-state index in [9.17, 15) is 23.6 Å². The first kappa shape index (κ1) is 22.5. The second kappa shape index (κ2) is 10.1. The quantitative estimate of drug-likeness (QED) is 0.479. The lowest BCUT2D eigenvalue weighted by Gasteiger charge is -2.22. The molecule has 9 heteroatoms. The van der Waals surface area contributed by atoms with Crippen LogP contribution < -0.4 is 16.4 Å². The van der Waals surface area contributed by atoms with E-state index in [2.05, 4.69) is 10.6 Å². The molecule has 0 spiro atoms. The van der Waals surface area contributed by atoms with Crippen molar-refractivity contribution in [2.75, 3.05) is 0 Å². The van der Waals surface area contributed by atoms with E-state index in [0.717, 1.165) is 0 Å². The summed E-state index contributed by atoms with van der Waals surface area (Å²) in [5.74, 6) is -3.48. The van der Waals surface area contributed by atoms with Gasteiger partial charge in [-0.05, 0) is 35.4 Å². The van der Waals surface area contributed by atoms with Gasteiger partial charge in [0.15, 0.2) is 0 Å². The van der Waals surface area contributed by atoms with Crippen LogP contribution in [0.1, 0.15) is 28.4 Å². The summed E-state index contributed by atoms with van der Waals surface area (Å²) in [6, 6.07) is 9.27. The van der Waals surface area contributed by atoms with Crippen LogP contribution in [0.25, 0.3) is 0 Å². The van der Waals surface area contributed by atoms with Crippen LogP contribution in [0.3, 0.4) is 0 Å². The molecule has 158 valence electrons. The minimum Gasteiger partial charge on any atom is -0.478 e. The van der Waals surface area contributed by atoms with Crippen molar-refractivity contribution in [3.05, 3.63) is 71.0 Å². The van der Waals surface area contributed by atoms with E-state index in [1.54, 1.807) is 6.07 Å². The molecule has 0 fully saturated rings. The lowest BCUT2D eigenvalue weighted by atomic mass is 10.0. The smallest absolute Gasteiger partial charge is 0.335 e. The first-order chi connectivity index (χ1) is 14.2. The summed E-state index contributed by atoms with van der Waals surface area (Å²) in [6.07, 6.45) is 0.0513. The summed E-state index contributed by atoms with van der Waals surface area (Å²) in [4.78, 5) is 47.0. The third-order valence-electron chi connectivity index (χ3n) is 4.32. The molecule has 2 aromatic rings. The van der Waals surface area contributed by atoms with Gasteiger partial charge in [0.2, 0.25) is 17.7 Å². The summed E-state index contributed by atoms with van der Waals surface area (Å²) < 4.78 is 13.4. The molecule has 0 saturated carbocycles. The molecule has 3 amide bonds. The van der Waals surface area contributed by atoms with Gasteiger partial charge in [-0.2, -0.15) is 0 Å². The molecule has 0 aliphatic heterocycles. The summed E-state index contributed by atoms with van der Waals surface area (Å²) in [7, 11) is 0. The Labute approximate surface area is 172 Å².